The molecular formula is C23H20N2O4S. The summed E-state index contributed by atoms with van der Waals surface area (Å²) in [5, 5.41) is 0. The molecule has 0 radical (unpaired) electrons. The van der Waals surface area contributed by atoms with Crippen LogP contribution in [0.3, 0.4) is 0 Å². The fraction of sp³-hybridized carbons (Fsp3) is 0.174. The highest BCUT2D eigenvalue weighted by atomic mass is 32.1. The van der Waals surface area contributed by atoms with Crippen LogP contribution in [0.15, 0.2) is 80.3 Å². The maximum absolute atomic E-state index is 13.2. The first-order chi connectivity index (χ1) is 14.6. The Hall–Kier alpha value is -3.45. The second-order valence-electron chi connectivity index (χ2n) is 6.61. The molecule has 0 aliphatic carbocycles. The predicted molar refractivity (Wildman–Crippen MR) is 115 cm³/mol. The van der Waals surface area contributed by atoms with Crippen molar-refractivity contribution in [1.29, 1.82) is 0 Å². The molecule has 0 N–H and O–H groups in total. The minimum absolute atomic E-state index is 0.229. The average molecular weight is 420 g/mol. The van der Waals surface area contributed by atoms with Crippen molar-refractivity contribution in [2.45, 2.75) is 19.9 Å². The van der Waals surface area contributed by atoms with Gasteiger partial charge in [-0.1, -0.05) is 53.8 Å². The van der Waals surface area contributed by atoms with Crippen molar-refractivity contribution in [2.24, 2.45) is 4.99 Å². The van der Waals surface area contributed by atoms with Gasteiger partial charge >= 0.3 is 5.97 Å². The van der Waals surface area contributed by atoms with E-state index in [2.05, 4.69) is 4.99 Å². The summed E-state index contributed by atoms with van der Waals surface area (Å²) >= 11 is 1.28. The number of carbonyl (C=O) groups is 1. The molecule has 0 saturated heterocycles. The zero-order valence-electron chi connectivity index (χ0n) is 16.6. The Morgan fingerprint density at radius 1 is 1.27 bits per heavy atom. The molecule has 7 heteroatoms. The zero-order chi connectivity index (χ0) is 21.1. The number of ether oxygens (including phenoxy) is 1. The summed E-state index contributed by atoms with van der Waals surface area (Å²) in [6.45, 7) is 3.72. The summed E-state index contributed by atoms with van der Waals surface area (Å²) in [6, 6.07) is 12.6. The highest BCUT2D eigenvalue weighted by molar-refractivity contribution is 7.07. The number of aromatic nitrogens is 1. The van der Waals surface area contributed by atoms with E-state index in [1.165, 1.54) is 22.2 Å². The van der Waals surface area contributed by atoms with Crippen LogP contribution in [0.4, 0.5) is 0 Å². The molecule has 2 aromatic heterocycles. The van der Waals surface area contributed by atoms with Gasteiger partial charge in [-0.2, -0.15) is 0 Å². The summed E-state index contributed by atoms with van der Waals surface area (Å²) in [4.78, 5) is 30.9. The normalized spacial score (nSPS) is 16.6. The van der Waals surface area contributed by atoms with Crippen LogP contribution >= 0.6 is 11.3 Å². The van der Waals surface area contributed by atoms with E-state index in [1.54, 1.807) is 32.1 Å². The summed E-state index contributed by atoms with van der Waals surface area (Å²) in [7, 11) is 0. The van der Waals surface area contributed by atoms with Crippen LogP contribution in [0, 0.1) is 0 Å². The number of esters is 1. The fourth-order valence-electron chi connectivity index (χ4n) is 3.33. The lowest BCUT2D eigenvalue weighted by atomic mass is 10.0. The molecule has 0 fully saturated rings. The lowest BCUT2D eigenvalue weighted by Gasteiger charge is -2.22. The van der Waals surface area contributed by atoms with E-state index in [0.717, 1.165) is 5.56 Å². The molecule has 1 aromatic carbocycles. The van der Waals surface area contributed by atoms with Crippen LogP contribution in [0.2, 0.25) is 0 Å². The molecule has 152 valence electrons. The Kier molecular flexibility index (Phi) is 5.63. The number of hydrogen-bond donors (Lipinski definition) is 0. The number of rotatable bonds is 5. The summed E-state index contributed by atoms with van der Waals surface area (Å²) in [5.74, 6) is -0.0155. The number of carbonyl (C=O) groups excluding carboxylic acids is 1. The van der Waals surface area contributed by atoms with E-state index in [-0.39, 0.29) is 12.2 Å². The molecule has 0 amide bonds. The van der Waals surface area contributed by atoms with E-state index in [1.807, 2.05) is 42.5 Å². The van der Waals surface area contributed by atoms with Crippen molar-refractivity contribution in [3.8, 4) is 0 Å². The molecule has 3 aromatic rings. The highest BCUT2D eigenvalue weighted by Gasteiger charge is 2.34. The van der Waals surface area contributed by atoms with Gasteiger partial charge in [-0.25, -0.2) is 9.79 Å². The molecule has 1 atom stereocenters. The quantitative estimate of drug-likeness (QED) is 0.595. The van der Waals surface area contributed by atoms with E-state index in [9.17, 15) is 9.59 Å². The summed E-state index contributed by atoms with van der Waals surface area (Å²) in [5.41, 5.74) is 1.63. The smallest absolute Gasteiger partial charge is 0.338 e. The van der Waals surface area contributed by atoms with E-state index in [4.69, 9.17) is 9.15 Å². The third-order valence-corrected chi connectivity index (χ3v) is 5.67. The fourth-order valence-corrected chi connectivity index (χ4v) is 4.33. The topological polar surface area (TPSA) is 73.8 Å². The summed E-state index contributed by atoms with van der Waals surface area (Å²) < 4.78 is 12.8. The van der Waals surface area contributed by atoms with Gasteiger partial charge in [0.15, 0.2) is 4.80 Å². The largest absolute Gasteiger partial charge is 0.467 e. The highest BCUT2D eigenvalue weighted by Crippen LogP contribution is 2.30. The molecule has 1 aliphatic heterocycles. The number of benzene rings is 1. The van der Waals surface area contributed by atoms with Crippen LogP contribution in [0.5, 0.6) is 0 Å². The summed E-state index contributed by atoms with van der Waals surface area (Å²) in [6.07, 6.45) is 7.05. The standard InChI is InChI=1S/C23H20N2O4S/c1-3-28-22(27)19-15(2)24-23-25(20(19)17-12-8-14-29-17)21(26)18(30-23)13-7-11-16-9-5-4-6-10-16/h4-14,20H,3H2,1-2H3/b11-7+,18-13+. The lowest BCUT2D eigenvalue weighted by molar-refractivity contribution is -0.139. The first-order valence-corrected chi connectivity index (χ1v) is 10.4. The molecule has 30 heavy (non-hydrogen) atoms. The van der Waals surface area contributed by atoms with Crippen molar-refractivity contribution in [3.05, 3.63) is 97.1 Å². The molecule has 4 rings (SSSR count). The van der Waals surface area contributed by atoms with Gasteiger partial charge in [0, 0.05) is 0 Å². The third-order valence-electron chi connectivity index (χ3n) is 4.67. The van der Waals surface area contributed by atoms with Crippen molar-refractivity contribution >= 4 is 29.5 Å². The maximum Gasteiger partial charge on any atom is 0.338 e. The number of furan rings is 1. The van der Waals surface area contributed by atoms with Crippen LogP contribution in [0.25, 0.3) is 12.2 Å². The van der Waals surface area contributed by atoms with Crippen molar-refractivity contribution in [1.82, 2.24) is 4.57 Å². The number of nitrogens with zero attached hydrogens (tertiary/aromatic N) is 2. The van der Waals surface area contributed by atoms with Crippen molar-refractivity contribution in [3.63, 3.8) is 0 Å². The zero-order valence-corrected chi connectivity index (χ0v) is 17.4. The second kappa shape index (κ2) is 8.51. The first kappa shape index (κ1) is 19.8. The average Bonchev–Trinajstić information content (AvgIpc) is 3.37. The van der Waals surface area contributed by atoms with Gasteiger partial charge in [0.1, 0.15) is 11.8 Å². The van der Waals surface area contributed by atoms with Crippen LogP contribution in [0.1, 0.15) is 31.2 Å². The Balaban J connectivity index is 1.83. The predicted octanol–water partition coefficient (Wildman–Crippen LogP) is 3.06. The minimum atomic E-state index is -0.712. The molecule has 3 heterocycles. The Morgan fingerprint density at radius 2 is 2.07 bits per heavy atom. The Labute approximate surface area is 176 Å². The van der Waals surface area contributed by atoms with Gasteiger partial charge < -0.3 is 9.15 Å². The number of fused-ring (bicyclic) bond motifs is 1. The third kappa shape index (κ3) is 3.71. The first-order valence-electron chi connectivity index (χ1n) is 9.55. The van der Waals surface area contributed by atoms with Crippen LogP contribution < -0.4 is 14.9 Å². The van der Waals surface area contributed by atoms with Gasteiger partial charge in [0.2, 0.25) is 0 Å². The van der Waals surface area contributed by atoms with E-state index in [0.29, 0.717) is 26.4 Å². The number of thiazole rings is 1. The van der Waals surface area contributed by atoms with Crippen molar-refractivity contribution < 1.29 is 13.9 Å². The molecule has 1 aliphatic rings. The van der Waals surface area contributed by atoms with E-state index >= 15 is 0 Å². The Bertz CT molecular complexity index is 1300. The lowest BCUT2D eigenvalue weighted by Crippen LogP contribution is -2.39. The van der Waals surface area contributed by atoms with Gasteiger partial charge in [-0.15, -0.1) is 0 Å². The molecule has 6 nitrogen and oxygen atoms in total. The maximum atomic E-state index is 13.2. The van der Waals surface area contributed by atoms with Crippen LogP contribution in [-0.2, 0) is 9.53 Å². The van der Waals surface area contributed by atoms with Gasteiger partial charge in [0.05, 0.1) is 28.7 Å². The van der Waals surface area contributed by atoms with E-state index < -0.39 is 12.0 Å². The minimum Gasteiger partial charge on any atom is -0.467 e. The molecule has 0 bridgehead atoms. The molecular weight excluding hydrogens is 400 g/mol. The second-order valence-corrected chi connectivity index (χ2v) is 7.62. The Morgan fingerprint density at radius 3 is 2.77 bits per heavy atom. The number of hydrogen-bond acceptors (Lipinski definition) is 6. The molecule has 0 saturated carbocycles. The SMILES string of the molecule is CCOC(=O)C1=C(C)N=c2s/c(=C/C=C/c3ccccc3)c(=O)n2C1c1ccco1. The monoisotopic (exact) mass is 420 g/mol. The molecule has 0 spiro atoms. The number of allylic oxidation sites excluding steroid dienone is 2. The van der Waals surface area contributed by atoms with Crippen LogP contribution in [-0.4, -0.2) is 17.1 Å². The van der Waals surface area contributed by atoms with Crippen molar-refractivity contribution in [2.75, 3.05) is 6.61 Å². The van der Waals surface area contributed by atoms with Gasteiger partial charge in [-0.05, 0) is 37.6 Å². The van der Waals surface area contributed by atoms with Gasteiger partial charge in [-0.3, -0.25) is 9.36 Å². The molecule has 1 unspecified atom stereocenters. The van der Waals surface area contributed by atoms with Gasteiger partial charge in [0.25, 0.3) is 5.56 Å².